The number of carbonyl (C=O) groups is 1. The van der Waals surface area contributed by atoms with E-state index in [1.54, 1.807) is 7.11 Å². The van der Waals surface area contributed by atoms with Gasteiger partial charge in [-0.15, -0.1) is 0 Å². The molecule has 2 aromatic carbocycles. The molecule has 2 aliphatic rings. The second-order valence-electron chi connectivity index (χ2n) is 8.97. The lowest BCUT2D eigenvalue weighted by Gasteiger charge is -2.35. The zero-order valence-corrected chi connectivity index (χ0v) is 18.3. The fourth-order valence-corrected chi connectivity index (χ4v) is 4.74. The molecule has 3 aromatic rings. The lowest BCUT2D eigenvalue weighted by Crippen LogP contribution is -2.34. The first-order valence-corrected chi connectivity index (χ1v) is 11.3. The molecule has 0 spiro atoms. The summed E-state index contributed by atoms with van der Waals surface area (Å²) in [5, 5.41) is 1.27. The highest BCUT2D eigenvalue weighted by Gasteiger charge is 2.29. The van der Waals surface area contributed by atoms with Crippen molar-refractivity contribution in [2.24, 2.45) is 5.92 Å². The first-order valence-electron chi connectivity index (χ1n) is 11.3. The largest absolute Gasteiger partial charge is 0.493 e. The first-order chi connectivity index (χ1) is 15.2. The van der Waals surface area contributed by atoms with Gasteiger partial charge in [-0.05, 0) is 85.4 Å². The Kier molecular flexibility index (Phi) is 5.34. The number of ether oxygens (including phenoxy) is 2. The molecule has 31 heavy (non-hydrogen) atoms. The van der Waals surface area contributed by atoms with Crippen molar-refractivity contribution in [2.75, 3.05) is 20.3 Å². The van der Waals surface area contributed by atoms with Crippen LogP contribution in [0.2, 0.25) is 0 Å². The Bertz CT molecular complexity index is 1100. The molecular weight excluding hydrogens is 388 g/mol. The van der Waals surface area contributed by atoms with Crippen molar-refractivity contribution in [3.63, 3.8) is 0 Å². The van der Waals surface area contributed by atoms with Crippen molar-refractivity contribution >= 4 is 17.3 Å². The van der Waals surface area contributed by atoms with Gasteiger partial charge in [-0.1, -0.05) is 12.1 Å². The van der Waals surface area contributed by atoms with Crippen LogP contribution in [-0.2, 0) is 17.6 Å². The van der Waals surface area contributed by atoms with Gasteiger partial charge in [-0.3, -0.25) is 4.79 Å². The third-order valence-electron chi connectivity index (χ3n) is 6.74. The van der Waals surface area contributed by atoms with Crippen LogP contribution >= 0.6 is 0 Å². The topological polar surface area (TPSA) is 54.6 Å². The van der Waals surface area contributed by atoms with Crippen LogP contribution in [0, 0.1) is 12.8 Å². The van der Waals surface area contributed by atoms with E-state index in [9.17, 15) is 4.79 Å². The van der Waals surface area contributed by atoms with Crippen LogP contribution in [-0.4, -0.2) is 36.6 Å². The SMILES string of the molecule is COc1cc2c(cc1OCC1CC1)C(CCc1c[nH]c3cc(C)ccc13)N(C=O)CC2. The number of aromatic nitrogens is 1. The minimum Gasteiger partial charge on any atom is -0.493 e. The van der Waals surface area contributed by atoms with Crippen LogP contribution in [0.25, 0.3) is 10.9 Å². The third kappa shape index (κ3) is 4.01. The van der Waals surface area contributed by atoms with E-state index in [2.05, 4.69) is 48.4 Å². The fourth-order valence-electron chi connectivity index (χ4n) is 4.74. The highest BCUT2D eigenvalue weighted by molar-refractivity contribution is 5.83. The molecule has 1 N–H and O–H groups in total. The number of H-pyrrole nitrogens is 1. The number of amides is 1. The Morgan fingerprint density at radius 3 is 2.84 bits per heavy atom. The molecule has 1 saturated carbocycles. The highest BCUT2D eigenvalue weighted by Crippen LogP contribution is 2.41. The Hall–Kier alpha value is -2.95. The predicted octanol–water partition coefficient (Wildman–Crippen LogP) is 4.96. The minimum absolute atomic E-state index is 0.0471. The van der Waals surface area contributed by atoms with Gasteiger partial charge in [-0.2, -0.15) is 0 Å². The van der Waals surface area contributed by atoms with Crippen molar-refractivity contribution in [1.29, 1.82) is 0 Å². The molecule has 162 valence electrons. The van der Waals surface area contributed by atoms with Crippen molar-refractivity contribution in [2.45, 2.75) is 45.1 Å². The normalized spacial score (nSPS) is 18.1. The predicted molar refractivity (Wildman–Crippen MR) is 122 cm³/mol. The van der Waals surface area contributed by atoms with Gasteiger partial charge in [0.1, 0.15) is 0 Å². The number of methoxy groups -OCH3 is 1. The van der Waals surface area contributed by atoms with Crippen LogP contribution in [0.3, 0.4) is 0 Å². The molecule has 1 unspecified atom stereocenters. The van der Waals surface area contributed by atoms with Gasteiger partial charge in [0.25, 0.3) is 0 Å². The average molecular weight is 419 g/mol. The van der Waals surface area contributed by atoms with E-state index in [-0.39, 0.29) is 6.04 Å². The average Bonchev–Trinajstić information content (AvgIpc) is 3.54. The standard InChI is InChI=1S/C26H30N2O3/c1-17-3-7-21-20(14-27-23(21)11-17)6-8-24-22-13-26(31-15-18-4-5-18)25(30-2)12-19(22)9-10-28(24)16-29/h3,7,11-14,16,18,24,27H,4-6,8-10,15H2,1-2H3. The maximum Gasteiger partial charge on any atom is 0.210 e. The number of carbonyl (C=O) groups excluding carboxylic acids is 1. The number of hydrogen-bond donors (Lipinski definition) is 1. The molecule has 1 fully saturated rings. The molecule has 5 heteroatoms. The van der Waals surface area contributed by atoms with Gasteiger partial charge in [0.2, 0.25) is 6.41 Å². The number of aromatic amines is 1. The van der Waals surface area contributed by atoms with Gasteiger partial charge in [0.05, 0.1) is 19.8 Å². The summed E-state index contributed by atoms with van der Waals surface area (Å²) >= 11 is 0. The second-order valence-corrected chi connectivity index (χ2v) is 8.97. The summed E-state index contributed by atoms with van der Waals surface area (Å²) in [6.07, 6.45) is 8.23. The lowest BCUT2D eigenvalue weighted by molar-refractivity contribution is -0.120. The molecule has 1 aromatic heterocycles. The number of nitrogens with one attached hydrogen (secondary N) is 1. The first kappa shape index (κ1) is 20.0. The van der Waals surface area contributed by atoms with Crippen LogP contribution in [0.4, 0.5) is 0 Å². The molecular formula is C26H30N2O3. The summed E-state index contributed by atoms with van der Waals surface area (Å²) in [5.74, 6) is 2.27. The quantitative estimate of drug-likeness (QED) is 0.526. The van der Waals surface area contributed by atoms with E-state index in [4.69, 9.17) is 9.47 Å². The van der Waals surface area contributed by atoms with Crippen LogP contribution in [0.1, 0.15) is 47.6 Å². The van der Waals surface area contributed by atoms with Gasteiger partial charge >= 0.3 is 0 Å². The van der Waals surface area contributed by atoms with Crippen LogP contribution in [0.15, 0.2) is 36.5 Å². The number of benzene rings is 2. The number of fused-ring (bicyclic) bond motifs is 2. The van der Waals surface area contributed by atoms with E-state index in [1.807, 2.05) is 4.90 Å². The molecule has 1 amide bonds. The molecule has 1 aliphatic carbocycles. The van der Waals surface area contributed by atoms with E-state index < -0.39 is 0 Å². The fraction of sp³-hybridized carbons (Fsp3) is 0.423. The van der Waals surface area contributed by atoms with E-state index in [0.29, 0.717) is 5.92 Å². The molecule has 5 rings (SSSR count). The number of hydrogen-bond acceptors (Lipinski definition) is 3. The van der Waals surface area contributed by atoms with Crippen molar-refractivity contribution < 1.29 is 14.3 Å². The molecule has 1 aliphatic heterocycles. The third-order valence-corrected chi connectivity index (χ3v) is 6.74. The van der Waals surface area contributed by atoms with Crippen molar-refractivity contribution in [1.82, 2.24) is 9.88 Å². The Morgan fingerprint density at radius 2 is 2.06 bits per heavy atom. The molecule has 5 nitrogen and oxygen atoms in total. The van der Waals surface area contributed by atoms with Crippen LogP contribution in [0.5, 0.6) is 11.5 Å². The minimum atomic E-state index is 0.0471. The van der Waals surface area contributed by atoms with E-state index in [1.165, 1.54) is 46.0 Å². The maximum absolute atomic E-state index is 11.9. The smallest absolute Gasteiger partial charge is 0.210 e. The monoisotopic (exact) mass is 418 g/mol. The molecule has 0 bridgehead atoms. The highest BCUT2D eigenvalue weighted by atomic mass is 16.5. The molecule has 0 saturated heterocycles. The molecule has 0 radical (unpaired) electrons. The van der Waals surface area contributed by atoms with Crippen LogP contribution < -0.4 is 9.47 Å². The molecule has 2 heterocycles. The van der Waals surface area contributed by atoms with Gasteiger partial charge < -0.3 is 19.4 Å². The zero-order valence-electron chi connectivity index (χ0n) is 18.3. The lowest BCUT2D eigenvalue weighted by atomic mass is 9.88. The van der Waals surface area contributed by atoms with Crippen molar-refractivity contribution in [3.8, 4) is 11.5 Å². The second kappa shape index (κ2) is 8.29. The maximum atomic E-state index is 11.9. The zero-order chi connectivity index (χ0) is 21.4. The summed E-state index contributed by atoms with van der Waals surface area (Å²) < 4.78 is 11.7. The number of aryl methyl sites for hydroxylation is 2. The van der Waals surface area contributed by atoms with Gasteiger partial charge in [0, 0.05) is 23.6 Å². The van der Waals surface area contributed by atoms with E-state index in [0.717, 1.165) is 50.3 Å². The van der Waals surface area contributed by atoms with E-state index >= 15 is 0 Å². The summed E-state index contributed by atoms with van der Waals surface area (Å²) in [6, 6.07) is 10.8. The number of rotatable bonds is 8. The van der Waals surface area contributed by atoms with Gasteiger partial charge in [-0.25, -0.2) is 0 Å². The van der Waals surface area contributed by atoms with Gasteiger partial charge in [0.15, 0.2) is 11.5 Å². The summed E-state index contributed by atoms with van der Waals surface area (Å²) in [7, 11) is 1.70. The summed E-state index contributed by atoms with van der Waals surface area (Å²) in [4.78, 5) is 17.2. The summed E-state index contributed by atoms with van der Waals surface area (Å²) in [5.41, 5.74) is 6.18. The Balaban J connectivity index is 1.42. The Morgan fingerprint density at radius 1 is 1.19 bits per heavy atom. The number of nitrogens with zero attached hydrogens (tertiary/aromatic N) is 1. The van der Waals surface area contributed by atoms with Crippen molar-refractivity contribution in [3.05, 3.63) is 58.8 Å². The Labute approximate surface area is 183 Å². The summed E-state index contributed by atoms with van der Waals surface area (Å²) in [6.45, 7) is 3.59. The molecule has 1 atom stereocenters.